The molecule has 0 heterocycles. The van der Waals surface area contributed by atoms with Crippen LogP contribution in [0.25, 0.3) is 0 Å². The molecule has 0 aliphatic carbocycles. The van der Waals surface area contributed by atoms with Gasteiger partial charge in [-0.3, -0.25) is 4.79 Å². The van der Waals surface area contributed by atoms with Crippen molar-refractivity contribution in [3.05, 3.63) is 65.7 Å². The first-order chi connectivity index (χ1) is 9.66. The monoisotopic (exact) mass is 285 g/mol. The summed E-state index contributed by atoms with van der Waals surface area (Å²) in [4.78, 5) is 13.1. The second kappa shape index (κ2) is 7.15. The zero-order valence-electron chi connectivity index (χ0n) is 11.8. The van der Waals surface area contributed by atoms with Crippen LogP contribution in [0, 0.1) is 6.92 Å². The summed E-state index contributed by atoms with van der Waals surface area (Å²) in [5.74, 6) is 0.511. The van der Waals surface area contributed by atoms with Gasteiger partial charge in [-0.15, -0.1) is 11.8 Å². The van der Waals surface area contributed by atoms with Gasteiger partial charge >= 0.3 is 0 Å². The van der Waals surface area contributed by atoms with E-state index in [4.69, 9.17) is 0 Å². The molecule has 0 aliphatic rings. The Labute approximate surface area is 124 Å². The van der Waals surface area contributed by atoms with Crippen molar-refractivity contribution >= 4 is 17.7 Å². The highest BCUT2D eigenvalue weighted by Crippen LogP contribution is 2.21. The number of carbonyl (C=O) groups excluding carboxylic acids is 1. The number of hydrogen-bond acceptors (Lipinski definition) is 2. The number of aryl methyl sites for hydroxylation is 1. The molecule has 1 amide bonds. The zero-order chi connectivity index (χ0) is 14.4. The molecule has 2 aromatic carbocycles. The lowest BCUT2D eigenvalue weighted by Gasteiger charge is -2.14. The van der Waals surface area contributed by atoms with E-state index in [0.29, 0.717) is 5.75 Å². The number of hydrogen-bond donors (Lipinski definition) is 1. The average molecular weight is 285 g/mol. The van der Waals surface area contributed by atoms with Crippen LogP contribution in [0.1, 0.15) is 24.1 Å². The van der Waals surface area contributed by atoms with E-state index in [9.17, 15) is 4.79 Å². The first kappa shape index (κ1) is 14.7. The van der Waals surface area contributed by atoms with Crippen molar-refractivity contribution in [1.82, 2.24) is 5.32 Å². The Balaban J connectivity index is 1.86. The standard InChI is InChI=1S/C17H19NOS/c1-13-8-6-7-11-16(13)20-12-17(19)18-14(2)15-9-4-3-5-10-15/h3-11,14H,12H2,1-2H3,(H,18,19)/t14-/m0/s1. The minimum absolute atomic E-state index is 0.0428. The third-order valence-corrected chi connectivity index (χ3v) is 4.31. The average Bonchev–Trinajstić information content (AvgIpc) is 2.47. The van der Waals surface area contributed by atoms with Gasteiger partial charge in [0.05, 0.1) is 11.8 Å². The molecule has 0 aromatic heterocycles. The minimum Gasteiger partial charge on any atom is -0.349 e. The predicted octanol–water partition coefficient (Wildman–Crippen LogP) is 3.96. The van der Waals surface area contributed by atoms with Crippen molar-refractivity contribution in [2.24, 2.45) is 0 Å². The number of rotatable bonds is 5. The van der Waals surface area contributed by atoms with Gasteiger partial charge in [0.1, 0.15) is 0 Å². The van der Waals surface area contributed by atoms with Crippen molar-refractivity contribution in [2.75, 3.05) is 5.75 Å². The SMILES string of the molecule is Cc1ccccc1SCC(=O)N[C@@H](C)c1ccccc1. The molecule has 0 aliphatic heterocycles. The van der Waals surface area contributed by atoms with Crippen LogP contribution < -0.4 is 5.32 Å². The van der Waals surface area contributed by atoms with Crippen LogP contribution in [0.5, 0.6) is 0 Å². The van der Waals surface area contributed by atoms with Crippen LogP contribution in [0.4, 0.5) is 0 Å². The third-order valence-electron chi connectivity index (χ3n) is 3.13. The van der Waals surface area contributed by atoms with Crippen molar-refractivity contribution in [3.8, 4) is 0 Å². The van der Waals surface area contributed by atoms with Gasteiger partial charge in [-0.2, -0.15) is 0 Å². The summed E-state index contributed by atoms with van der Waals surface area (Å²) >= 11 is 1.58. The second-order valence-electron chi connectivity index (χ2n) is 4.75. The molecule has 0 radical (unpaired) electrons. The van der Waals surface area contributed by atoms with Gasteiger partial charge in [-0.25, -0.2) is 0 Å². The number of benzene rings is 2. The molecule has 104 valence electrons. The smallest absolute Gasteiger partial charge is 0.230 e. The van der Waals surface area contributed by atoms with Gasteiger partial charge in [0.25, 0.3) is 0 Å². The topological polar surface area (TPSA) is 29.1 Å². The highest BCUT2D eigenvalue weighted by atomic mass is 32.2. The van der Waals surface area contributed by atoms with E-state index in [1.165, 1.54) is 5.56 Å². The summed E-state index contributed by atoms with van der Waals surface area (Å²) in [6.07, 6.45) is 0. The Morgan fingerprint density at radius 1 is 1.10 bits per heavy atom. The molecule has 0 unspecified atom stereocenters. The summed E-state index contributed by atoms with van der Waals surface area (Å²) in [5.41, 5.74) is 2.34. The van der Waals surface area contributed by atoms with Crippen molar-refractivity contribution in [2.45, 2.75) is 24.8 Å². The van der Waals surface area contributed by atoms with Crippen molar-refractivity contribution in [3.63, 3.8) is 0 Å². The molecule has 3 heteroatoms. The predicted molar refractivity (Wildman–Crippen MR) is 84.9 cm³/mol. The summed E-state index contributed by atoms with van der Waals surface area (Å²) < 4.78 is 0. The van der Waals surface area contributed by atoms with Crippen LogP contribution in [0.3, 0.4) is 0 Å². The lowest BCUT2D eigenvalue weighted by Crippen LogP contribution is -2.28. The molecule has 1 N–H and O–H groups in total. The van der Waals surface area contributed by atoms with E-state index in [2.05, 4.69) is 18.3 Å². The molecular formula is C17H19NOS. The quantitative estimate of drug-likeness (QED) is 0.842. The molecule has 0 fully saturated rings. The molecule has 0 bridgehead atoms. The lowest BCUT2D eigenvalue weighted by molar-refractivity contribution is -0.119. The molecule has 1 atom stereocenters. The molecular weight excluding hydrogens is 266 g/mol. The molecule has 0 spiro atoms. The Kier molecular flexibility index (Phi) is 5.24. The molecule has 0 saturated heterocycles. The van der Waals surface area contributed by atoms with E-state index in [1.807, 2.05) is 55.5 Å². The highest BCUT2D eigenvalue weighted by Gasteiger charge is 2.09. The second-order valence-corrected chi connectivity index (χ2v) is 5.77. The van der Waals surface area contributed by atoms with E-state index >= 15 is 0 Å². The lowest BCUT2D eigenvalue weighted by atomic mass is 10.1. The largest absolute Gasteiger partial charge is 0.349 e. The van der Waals surface area contributed by atoms with Crippen molar-refractivity contribution in [1.29, 1.82) is 0 Å². The Morgan fingerprint density at radius 3 is 2.45 bits per heavy atom. The highest BCUT2D eigenvalue weighted by molar-refractivity contribution is 8.00. The van der Waals surface area contributed by atoms with E-state index in [1.54, 1.807) is 11.8 Å². The molecule has 2 aromatic rings. The number of carbonyl (C=O) groups is 1. The fourth-order valence-corrected chi connectivity index (χ4v) is 2.81. The van der Waals surface area contributed by atoms with Gasteiger partial charge in [0, 0.05) is 4.90 Å². The van der Waals surface area contributed by atoms with Gasteiger partial charge in [0.2, 0.25) is 5.91 Å². The number of thioether (sulfide) groups is 1. The summed E-state index contributed by atoms with van der Waals surface area (Å²) in [6, 6.07) is 18.2. The number of amides is 1. The molecule has 2 nitrogen and oxygen atoms in total. The number of nitrogens with one attached hydrogen (secondary N) is 1. The molecule has 20 heavy (non-hydrogen) atoms. The van der Waals surface area contributed by atoms with Crippen LogP contribution in [0.15, 0.2) is 59.5 Å². The molecule has 0 saturated carbocycles. The van der Waals surface area contributed by atoms with Crippen LogP contribution >= 0.6 is 11.8 Å². The summed E-state index contributed by atoms with van der Waals surface area (Å²) in [6.45, 7) is 4.07. The maximum Gasteiger partial charge on any atom is 0.230 e. The van der Waals surface area contributed by atoms with Gasteiger partial charge in [-0.05, 0) is 31.0 Å². The van der Waals surface area contributed by atoms with E-state index in [-0.39, 0.29) is 11.9 Å². The Bertz CT molecular complexity index is 568. The van der Waals surface area contributed by atoms with Crippen LogP contribution in [-0.4, -0.2) is 11.7 Å². The maximum atomic E-state index is 12.0. The van der Waals surface area contributed by atoms with Gasteiger partial charge in [0.15, 0.2) is 0 Å². The normalized spacial score (nSPS) is 11.9. The molecule has 2 rings (SSSR count). The first-order valence-electron chi connectivity index (χ1n) is 6.69. The van der Waals surface area contributed by atoms with E-state index < -0.39 is 0 Å². The van der Waals surface area contributed by atoms with Gasteiger partial charge in [-0.1, -0.05) is 48.5 Å². The van der Waals surface area contributed by atoms with E-state index in [0.717, 1.165) is 10.5 Å². The fourth-order valence-electron chi connectivity index (χ4n) is 1.97. The summed E-state index contributed by atoms with van der Waals surface area (Å²) in [5, 5.41) is 3.03. The maximum absolute atomic E-state index is 12.0. The van der Waals surface area contributed by atoms with Gasteiger partial charge < -0.3 is 5.32 Å². The summed E-state index contributed by atoms with van der Waals surface area (Å²) in [7, 11) is 0. The zero-order valence-corrected chi connectivity index (χ0v) is 12.6. The van der Waals surface area contributed by atoms with Crippen LogP contribution in [0.2, 0.25) is 0 Å². The minimum atomic E-state index is 0.0428. The van der Waals surface area contributed by atoms with Crippen molar-refractivity contribution < 1.29 is 4.79 Å². The first-order valence-corrected chi connectivity index (χ1v) is 7.68. The third kappa shape index (κ3) is 4.14. The Morgan fingerprint density at radius 2 is 1.75 bits per heavy atom. The van der Waals surface area contributed by atoms with Crippen LogP contribution in [-0.2, 0) is 4.79 Å². The Hall–Kier alpha value is -1.74. The fraction of sp³-hybridized carbons (Fsp3) is 0.235.